The molecule has 0 unspecified atom stereocenters. The van der Waals surface area contributed by atoms with Crippen molar-refractivity contribution < 1.29 is 132 Å². The van der Waals surface area contributed by atoms with Crippen molar-refractivity contribution in [2.24, 2.45) is 21.7 Å². The van der Waals surface area contributed by atoms with Crippen molar-refractivity contribution >= 4 is 63.5 Å². The van der Waals surface area contributed by atoms with Gasteiger partial charge in [-0.15, -0.1) is 0 Å². The van der Waals surface area contributed by atoms with Crippen molar-refractivity contribution in [3.63, 3.8) is 0 Å². The molecule has 112 heavy (non-hydrogen) atoms. The number of phosphoric acid groups is 2. The zero-order valence-electron chi connectivity index (χ0n) is 88.1. The topological polar surface area (TPSA) is 435 Å². The number of hydrogen-bond donors (Lipinski definition) is 12. The maximum absolute atomic E-state index is 14.8. The molecule has 12 N–H and O–H groups in total. The van der Waals surface area contributed by atoms with Crippen LogP contribution in [0.4, 0.5) is 14.4 Å². The Morgan fingerprint density at radius 1 is 0.446 bits per heavy atom. The summed E-state index contributed by atoms with van der Waals surface area (Å²) < 4.78 is 268. The van der Waals surface area contributed by atoms with E-state index in [9.17, 15) is 67.1 Å². The van der Waals surface area contributed by atoms with Crippen LogP contribution in [-0.4, -0.2) is 177 Å². The Labute approximate surface area is 693 Å². The zero-order chi connectivity index (χ0) is 105. The summed E-state index contributed by atoms with van der Waals surface area (Å²) in [6.07, 6.45) is -7.42. The third-order valence-electron chi connectivity index (χ3n) is 15.9. The molecule has 8 amide bonds. The first-order chi connectivity index (χ1) is 62.8. The Morgan fingerprint density at radius 3 is 1.13 bits per heavy atom. The van der Waals surface area contributed by atoms with Crippen LogP contribution < -0.4 is 42.8 Å². The molecule has 4 aromatic carbocycles. The number of benzene rings is 4. The predicted molar refractivity (Wildman–Crippen MR) is 421 cm³/mol. The van der Waals surface area contributed by atoms with Gasteiger partial charge in [0.05, 0.1) is 63.0 Å². The monoisotopic (exact) mass is 1630 g/mol. The van der Waals surface area contributed by atoms with Gasteiger partial charge in [-0.05, 0) is 81.0 Å². The number of alkyl carbamates (subject to hydrolysis) is 3. The number of nitrogens with zero attached hydrogens (tertiary/aromatic N) is 4. The van der Waals surface area contributed by atoms with E-state index in [1.54, 1.807) is 136 Å². The second-order valence-electron chi connectivity index (χ2n) is 27.1. The van der Waals surface area contributed by atoms with Crippen LogP contribution >= 0.6 is 15.6 Å². The number of phosphoric ester groups is 2. The molecular formula is C78H112N12O20P2. The van der Waals surface area contributed by atoms with Crippen LogP contribution in [-0.2, 0) is 87.0 Å². The zero-order valence-corrected chi connectivity index (χ0v) is 62.9. The molecule has 0 aliphatic carbocycles. The summed E-state index contributed by atoms with van der Waals surface area (Å²) in [5.74, 6) is -6.23. The van der Waals surface area contributed by atoms with Gasteiger partial charge in [-0.2, -0.15) is 0 Å². The molecule has 614 valence electrons. The van der Waals surface area contributed by atoms with Gasteiger partial charge in [-0.25, -0.2) is 33.5 Å². The van der Waals surface area contributed by atoms with Crippen LogP contribution in [0.25, 0.3) is 22.5 Å². The maximum Gasteiger partial charge on any atom is 0.471 e. The lowest BCUT2D eigenvalue weighted by atomic mass is 9.85. The van der Waals surface area contributed by atoms with Crippen LogP contribution in [0.2, 0.25) is 0 Å². The van der Waals surface area contributed by atoms with Crippen LogP contribution in [0, 0.1) is 21.7 Å². The number of nitrogens with one attached hydrogen (secondary N) is 8. The molecule has 0 aliphatic heterocycles. The number of carbonyl (C=O) groups is 8. The first-order valence-electron chi connectivity index (χ1n) is 46.9. The van der Waals surface area contributed by atoms with E-state index in [2.05, 4.69) is 60.8 Å². The van der Waals surface area contributed by atoms with Crippen molar-refractivity contribution in [3.05, 3.63) is 180 Å². The molecule has 0 saturated heterocycles. The van der Waals surface area contributed by atoms with Gasteiger partial charge in [0.2, 0.25) is 17.7 Å². The molecule has 6 rings (SSSR count). The van der Waals surface area contributed by atoms with E-state index in [-0.39, 0.29) is 20.5 Å². The van der Waals surface area contributed by atoms with Crippen LogP contribution in [0.3, 0.4) is 0 Å². The van der Waals surface area contributed by atoms with Gasteiger partial charge in [-0.1, -0.05) is 211 Å². The minimum absolute atomic E-state index is 0. The molecule has 6 aromatic rings. The molecule has 0 fully saturated rings. The lowest BCUT2D eigenvalue weighted by Crippen LogP contribution is -2.61. The van der Waals surface area contributed by atoms with Crippen LogP contribution in [0.5, 0.6) is 0 Å². The Balaban J connectivity index is 0.000000578. The molecule has 2 aromatic heterocycles. The number of ether oxygens (including phenoxy) is 4. The normalized spacial score (nSPS) is 18.6. The Hall–Kier alpha value is -9.56. The highest BCUT2D eigenvalue weighted by Crippen LogP contribution is 2.40. The second kappa shape index (κ2) is 43.5. The minimum Gasteiger partial charge on any atom is -0.453 e. The molecule has 2 heterocycles. The van der Waals surface area contributed by atoms with E-state index in [4.69, 9.17) is 46.3 Å². The molecule has 32 nitrogen and oxygen atoms in total. The van der Waals surface area contributed by atoms with Crippen molar-refractivity contribution in [3.8, 4) is 22.5 Å². The summed E-state index contributed by atoms with van der Waals surface area (Å²) in [5.41, 5.74) is -1.34. The number of hydrogen-bond acceptors (Lipinski definition) is 20. The van der Waals surface area contributed by atoms with Crippen molar-refractivity contribution in [1.82, 2.24) is 62.7 Å². The quantitative estimate of drug-likeness (QED) is 0.00775. The number of aromatic nitrogens is 2. The molecule has 0 radical (unpaired) electrons. The maximum atomic E-state index is 14.8. The predicted octanol–water partition coefficient (Wildman–Crippen LogP) is 9.05. The average Bonchev–Trinajstić information content (AvgIpc) is 0.708. The van der Waals surface area contributed by atoms with E-state index in [0.29, 0.717) is 44.8 Å². The molecule has 0 saturated carbocycles. The van der Waals surface area contributed by atoms with Gasteiger partial charge in [0.25, 0.3) is 11.8 Å². The van der Waals surface area contributed by atoms with E-state index in [0.717, 1.165) is 10.0 Å². The van der Waals surface area contributed by atoms with E-state index in [1.165, 1.54) is 81.5 Å². The van der Waals surface area contributed by atoms with Crippen molar-refractivity contribution in [2.45, 2.75) is 171 Å². The summed E-state index contributed by atoms with van der Waals surface area (Å²) in [4.78, 5) is 157. The van der Waals surface area contributed by atoms with Gasteiger partial charge in [-0.3, -0.25) is 53.8 Å². The van der Waals surface area contributed by atoms with Crippen LogP contribution in [0.15, 0.2) is 158 Å². The first kappa shape index (κ1) is 60.1. The molecule has 0 bridgehead atoms. The molecule has 0 aliphatic rings. The number of carbonyl (C=O) groups excluding carboxylic acids is 8. The second-order valence-corrected chi connectivity index (χ2v) is 29.5. The summed E-state index contributed by atoms with van der Waals surface area (Å²) >= 11 is 0. The highest BCUT2D eigenvalue weighted by atomic mass is 31.2. The third kappa shape index (κ3) is 33.4. The lowest BCUT2D eigenvalue weighted by molar-refractivity contribution is -0.135. The molecule has 34 heteroatoms. The Morgan fingerprint density at radius 2 is 0.804 bits per heavy atom. The van der Waals surface area contributed by atoms with Crippen molar-refractivity contribution in [1.29, 1.82) is 0 Å². The van der Waals surface area contributed by atoms with E-state index < -0.39 is 229 Å². The van der Waals surface area contributed by atoms with Gasteiger partial charge >= 0.3 is 33.9 Å². The fraction of sp³-hybridized carbons (Fsp3) is 0.462. The van der Waals surface area contributed by atoms with Gasteiger partial charge in [0.15, 0.2) is 6.79 Å². The fourth-order valence-corrected chi connectivity index (χ4v) is 11.5. The standard InChI is InChI=1S/C39H55N6O11P.C38H53N6O9P.CH4/c1-38(2,3)32(42-36(48)53-7)34(46)41-30(22-26-14-10-9-11-15-26)31(55-25-56-57(50,51)52)24-45(44-35(47)33(39(4,5)6)43-37(49)54-8)23-27-17-19-28(20-18-27)29-16-12-13-21-40-29;1-25(45)40-33(38(5,6)7)35(47)43-44(23-27-17-19-28(20-18-27)29-16-12-13-21-39-29)24-31(53-54(49,50)51)30(22-26-14-10-9-11-15-26)41-34(46)32(37(2,3)4)42-36(48)52-8;/h9-21,30-33H,22-25H2,1-8H3,(H,41,46)(H,42,48)(H,43,49)(H,44,47)(H2,50,51,52);9-21,30-33H,22-24H2,1-8H3,(H,40,45)(H,41,46)(H,42,48)(H,43,47)(H2,49,50,51);1H4/t2*30-,31-,32+,33+;/m00./s1/i1D3,2D3,3D3,7D3,8D3;2D3,3D3,4D3,8D3;. The fourth-order valence-electron chi connectivity index (χ4n) is 10.7. The smallest absolute Gasteiger partial charge is 0.453 e. The largest absolute Gasteiger partial charge is 0.471 e. The highest BCUT2D eigenvalue weighted by molar-refractivity contribution is 7.46. The Kier molecular flexibility index (Phi) is 23.3. The molecule has 8 atom stereocenters. The summed E-state index contributed by atoms with van der Waals surface area (Å²) in [6.45, 7) is -18.0. The number of rotatable bonds is 34. The van der Waals surface area contributed by atoms with Crippen molar-refractivity contribution in [2.75, 3.05) is 41.0 Å². The number of hydrazine groups is 2. The summed E-state index contributed by atoms with van der Waals surface area (Å²) in [7, 11) is -21.4. The summed E-state index contributed by atoms with van der Waals surface area (Å²) in [6, 6.07) is 26.0. The lowest BCUT2D eigenvalue weighted by Gasteiger charge is -2.37. The first-order valence-corrected chi connectivity index (χ1v) is 36.5. The third-order valence-corrected chi connectivity index (χ3v) is 16.9. The number of amides is 8. The minimum atomic E-state index is -5.66. The van der Waals surface area contributed by atoms with Crippen LogP contribution in [0.1, 0.15) is 156 Å². The highest BCUT2D eigenvalue weighted by Gasteiger charge is 2.42. The molecule has 0 spiro atoms. The summed E-state index contributed by atoms with van der Waals surface area (Å²) in [5, 5.41) is 14.6. The van der Waals surface area contributed by atoms with E-state index in [1.807, 2.05) is 0 Å². The number of methoxy groups -OCH3 is 3. The van der Waals surface area contributed by atoms with E-state index >= 15 is 0 Å². The Bertz CT molecular complexity index is 5060. The van der Waals surface area contributed by atoms with Gasteiger partial charge in [0, 0.05) is 81.3 Å². The number of pyridine rings is 2. The molecular weight excluding hydrogens is 1490 g/mol. The SMILES string of the molecule is C.[2H]C([2H])([2H])OC(=O)N[C@H](C(=O)NN(Cc1ccc(-c2ccccn2)cc1)C[C@H](OCOP(=O)(O)O)[C@H](Cc1ccccc1)NC(=O)[C@@H](NC(=O)OC([2H])([2H])[2H])C(C([2H])([2H])[2H])(C([2H])([2H])[2H])C([2H])([2H])[2H])C(C)(C)C.[2H]C([2H])([2H])OC(=O)N[C@H](C(=O)N[C@@H](Cc1ccccc1)[C@H](CN(Cc1ccc(-c2ccccn2)cc1)NC(=O)[C@@H](NC(C)=O)C(C)(C)C)OP(=O)(O)O)C(C([2H])([2H])[2H])(C([2H])([2H])[2H])C([2H])([2H])[2H]. The van der Waals surface area contributed by atoms with Gasteiger partial charge < -0.3 is 70.4 Å². The average molecular weight is 1630 g/mol. The van der Waals surface area contributed by atoms with Gasteiger partial charge in [0.1, 0.15) is 30.3 Å².